The summed E-state index contributed by atoms with van der Waals surface area (Å²) in [6, 6.07) is 9.56. The van der Waals surface area contributed by atoms with Crippen molar-refractivity contribution in [3.8, 4) is 6.07 Å². The number of benzene rings is 1. The summed E-state index contributed by atoms with van der Waals surface area (Å²) < 4.78 is 5.11. The van der Waals surface area contributed by atoms with Crippen LogP contribution in [0.4, 0.5) is 0 Å². The van der Waals surface area contributed by atoms with Crippen molar-refractivity contribution >= 4 is 23.6 Å². The standard InChI is InChI=1S/C17H18N2O3S/c1-4-22-17(21)14-10(2)19-16(20)13(9-18)15(14)11-5-7-12(23-3)8-6-11/h5-8,13,15H,4H2,1-3H3,(H,19,20)/t13-,15-/m0/s1. The summed E-state index contributed by atoms with van der Waals surface area (Å²) in [7, 11) is 0. The topological polar surface area (TPSA) is 79.2 Å². The molecule has 0 radical (unpaired) electrons. The molecule has 120 valence electrons. The van der Waals surface area contributed by atoms with Crippen molar-refractivity contribution in [2.45, 2.75) is 24.7 Å². The Kier molecular flexibility index (Phi) is 5.45. The van der Waals surface area contributed by atoms with Crippen LogP contribution >= 0.6 is 11.8 Å². The fourth-order valence-electron chi connectivity index (χ4n) is 2.67. The summed E-state index contributed by atoms with van der Waals surface area (Å²) in [5.41, 5.74) is 1.54. The molecule has 1 aliphatic rings. The Morgan fingerprint density at radius 2 is 2.04 bits per heavy atom. The van der Waals surface area contributed by atoms with Crippen LogP contribution in [0.1, 0.15) is 25.3 Å². The molecule has 1 aromatic rings. The first-order chi connectivity index (χ1) is 11.0. The second-order valence-corrected chi connectivity index (χ2v) is 5.99. The van der Waals surface area contributed by atoms with Gasteiger partial charge in [-0.05, 0) is 37.8 Å². The van der Waals surface area contributed by atoms with E-state index in [-0.39, 0.29) is 6.61 Å². The Morgan fingerprint density at radius 3 is 2.57 bits per heavy atom. The molecule has 0 spiro atoms. The van der Waals surface area contributed by atoms with Gasteiger partial charge in [0.2, 0.25) is 5.91 Å². The Morgan fingerprint density at radius 1 is 1.39 bits per heavy atom. The highest BCUT2D eigenvalue weighted by Crippen LogP contribution is 2.37. The number of nitrogens with zero attached hydrogens (tertiary/aromatic N) is 1. The van der Waals surface area contributed by atoms with Crippen LogP contribution in [0.25, 0.3) is 0 Å². The zero-order valence-corrected chi connectivity index (χ0v) is 14.1. The number of thioether (sulfide) groups is 1. The van der Waals surface area contributed by atoms with E-state index >= 15 is 0 Å². The molecule has 23 heavy (non-hydrogen) atoms. The molecule has 0 aromatic heterocycles. The number of rotatable bonds is 4. The van der Waals surface area contributed by atoms with Gasteiger partial charge in [0, 0.05) is 16.5 Å². The summed E-state index contributed by atoms with van der Waals surface area (Å²) in [5.74, 6) is -2.47. The summed E-state index contributed by atoms with van der Waals surface area (Å²) in [6.07, 6.45) is 1.97. The molecule has 1 aromatic carbocycles. The molecule has 2 atom stereocenters. The first kappa shape index (κ1) is 17.1. The van der Waals surface area contributed by atoms with Gasteiger partial charge in [0.05, 0.1) is 18.2 Å². The highest BCUT2D eigenvalue weighted by atomic mass is 32.2. The SMILES string of the molecule is CCOC(=O)C1=C(C)NC(=O)[C@@H](C#N)[C@@H]1c1ccc(SC)cc1. The molecule has 5 nitrogen and oxygen atoms in total. The van der Waals surface area contributed by atoms with E-state index in [1.165, 1.54) is 0 Å². The monoisotopic (exact) mass is 330 g/mol. The van der Waals surface area contributed by atoms with Crippen LogP contribution in [-0.2, 0) is 14.3 Å². The van der Waals surface area contributed by atoms with Crippen LogP contribution in [0, 0.1) is 17.2 Å². The molecule has 2 rings (SSSR count). The molecule has 0 fully saturated rings. The zero-order valence-electron chi connectivity index (χ0n) is 13.3. The van der Waals surface area contributed by atoms with Gasteiger partial charge in [-0.2, -0.15) is 5.26 Å². The van der Waals surface area contributed by atoms with Gasteiger partial charge in [0.1, 0.15) is 5.92 Å². The van der Waals surface area contributed by atoms with E-state index < -0.39 is 23.7 Å². The third-order valence-corrected chi connectivity index (χ3v) is 4.49. The van der Waals surface area contributed by atoms with E-state index in [1.807, 2.05) is 36.6 Å². The maximum atomic E-state index is 12.3. The zero-order chi connectivity index (χ0) is 17.0. The van der Waals surface area contributed by atoms with Crippen LogP contribution < -0.4 is 5.32 Å². The van der Waals surface area contributed by atoms with Crippen molar-refractivity contribution in [2.24, 2.45) is 5.92 Å². The Bertz CT molecular complexity index is 689. The van der Waals surface area contributed by atoms with Gasteiger partial charge in [-0.25, -0.2) is 4.79 Å². The quantitative estimate of drug-likeness (QED) is 0.678. The molecule has 1 N–H and O–H groups in total. The van der Waals surface area contributed by atoms with Gasteiger partial charge < -0.3 is 10.1 Å². The Labute approximate surface area is 139 Å². The van der Waals surface area contributed by atoms with Crippen molar-refractivity contribution in [1.82, 2.24) is 5.32 Å². The van der Waals surface area contributed by atoms with E-state index in [1.54, 1.807) is 25.6 Å². The maximum Gasteiger partial charge on any atom is 0.336 e. The molecular weight excluding hydrogens is 312 g/mol. The van der Waals surface area contributed by atoms with Crippen molar-refractivity contribution < 1.29 is 14.3 Å². The van der Waals surface area contributed by atoms with Crippen molar-refractivity contribution in [3.05, 3.63) is 41.1 Å². The minimum Gasteiger partial charge on any atom is -0.463 e. The van der Waals surface area contributed by atoms with Gasteiger partial charge in [0.15, 0.2) is 0 Å². The number of nitrogens with one attached hydrogen (secondary N) is 1. The predicted octanol–water partition coefficient (Wildman–Crippen LogP) is 2.60. The molecule has 0 saturated heterocycles. The van der Waals surface area contributed by atoms with Gasteiger partial charge >= 0.3 is 5.97 Å². The van der Waals surface area contributed by atoms with E-state index in [9.17, 15) is 14.9 Å². The fourth-order valence-corrected chi connectivity index (χ4v) is 3.08. The second-order valence-electron chi connectivity index (χ2n) is 5.11. The number of allylic oxidation sites excluding steroid dienone is 1. The number of esters is 1. The van der Waals surface area contributed by atoms with Crippen LogP contribution in [0.2, 0.25) is 0 Å². The smallest absolute Gasteiger partial charge is 0.336 e. The lowest BCUT2D eigenvalue weighted by molar-refractivity contribution is -0.139. The largest absolute Gasteiger partial charge is 0.463 e. The lowest BCUT2D eigenvalue weighted by atomic mass is 9.77. The predicted molar refractivity (Wildman–Crippen MR) is 87.5 cm³/mol. The molecule has 0 saturated carbocycles. The molecule has 6 heteroatoms. The van der Waals surface area contributed by atoms with E-state index in [0.717, 1.165) is 10.5 Å². The van der Waals surface area contributed by atoms with Crippen molar-refractivity contribution in [3.63, 3.8) is 0 Å². The fraction of sp³-hybridized carbons (Fsp3) is 0.353. The number of carbonyl (C=O) groups excluding carboxylic acids is 2. The van der Waals surface area contributed by atoms with E-state index in [0.29, 0.717) is 11.3 Å². The highest BCUT2D eigenvalue weighted by Gasteiger charge is 2.41. The molecule has 0 bridgehead atoms. The average Bonchev–Trinajstić information content (AvgIpc) is 2.54. The number of nitriles is 1. The highest BCUT2D eigenvalue weighted by molar-refractivity contribution is 7.98. The normalized spacial score (nSPS) is 20.7. The third-order valence-electron chi connectivity index (χ3n) is 3.75. The summed E-state index contributed by atoms with van der Waals surface area (Å²) in [6.45, 7) is 3.61. The van der Waals surface area contributed by atoms with E-state index in [4.69, 9.17) is 4.74 Å². The number of carbonyl (C=O) groups is 2. The van der Waals surface area contributed by atoms with Crippen LogP contribution in [0.5, 0.6) is 0 Å². The number of ether oxygens (including phenoxy) is 1. The number of hydrogen-bond acceptors (Lipinski definition) is 5. The van der Waals surface area contributed by atoms with E-state index in [2.05, 4.69) is 5.32 Å². The first-order valence-electron chi connectivity index (χ1n) is 7.25. The first-order valence-corrected chi connectivity index (χ1v) is 8.48. The Balaban J connectivity index is 2.54. The Hall–Kier alpha value is -2.26. The minimum absolute atomic E-state index is 0.235. The third kappa shape index (κ3) is 3.40. The molecular formula is C17H18N2O3S. The van der Waals surface area contributed by atoms with Crippen molar-refractivity contribution in [2.75, 3.05) is 12.9 Å². The molecule has 1 amide bonds. The lowest BCUT2D eigenvalue weighted by Crippen LogP contribution is -2.41. The minimum atomic E-state index is -0.960. The molecule has 0 unspecified atom stereocenters. The van der Waals surface area contributed by atoms with Crippen LogP contribution in [0.3, 0.4) is 0 Å². The van der Waals surface area contributed by atoms with Gasteiger partial charge in [-0.15, -0.1) is 11.8 Å². The van der Waals surface area contributed by atoms with Gasteiger partial charge in [-0.3, -0.25) is 4.79 Å². The number of amides is 1. The van der Waals surface area contributed by atoms with Gasteiger partial charge in [0.25, 0.3) is 0 Å². The molecule has 0 aliphatic carbocycles. The lowest BCUT2D eigenvalue weighted by Gasteiger charge is -2.30. The summed E-state index contributed by atoms with van der Waals surface area (Å²) >= 11 is 1.60. The maximum absolute atomic E-state index is 12.3. The molecule has 1 heterocycles. The van der Waals surface area contributed by atoms with Crippen LogP contribution in [-0.4, -0.2) is 24.7 Å². The van der Waals surface area contributed by atoms with Crippen LogP contribution in [0.15, 0.2) is 40.4 Å². The summed E-state index contributed by atoms with van der Waals surface area (Å²) in [5, 5.41) is 12.0. The number of hydrogen-bond donors (Lipinski definition) is 1. The van der Waals surface area contributed by atoms with Gasteiger partial charge in [-0.1, -0.05) is 12.1 Å². The summed E-state index contributed by atoms with van der Waals surface area (Å²) in [4.78, 5) is 25.6. The average molecular weight is 330 g/mol. The van der Waals surface area contributed by atoms with Crippen molar-refractivity contribution in [1.29, 1.82) is 5.26 Å². The molecule has 1 aliphatic heterocycles. The second kappa shape index (κ2) is 7.34.